The van der Waals surface area contributed by atoms with E-state index < -0.39 is 5.82 Å². The van der Waals surface area contributed by atoms with E-state index in [-0.39, 0.29) is 27.6 Å². The molecule has 1 atom stereocenters. The summed E-state index contributed by atoms with van der Waals surface area (Å²) in [5.74, 6) is 0.0798. The molecule has 3 heterocycles. The van der Waals surface area contributed by atoms with Gasteiger partial charge < -0.3 is 14.6 Å². The van der Waals surface area contributed by atoms with E-state index in [0.717, 1.165) is 37.1 Å². The second-order valence-corrected chi connectivity index (χ2v) is 11.9. The number of aryl methyl sites for hydroxylation is 1. The van der Waals surface area contributed by atoms with Gasteiger partial charge in [-0.15, -0.1) is 0 Å². The molecule has 0 aliphatic carbocycles. The molecular weight excluding hydrogens is 529 g/mol. The number of pyridine rings is 1. The minimum Gasteiger partial charge on any atom is -0.440 e. The highest BCUT2D eigenvalue weighted by molar-refractivity contribution is 6.29. The summed E-state index contributed by atoms with van der Waals surface area (Å²) in [4.78, 5) is 31.6. The van der Waals surface area contributed by atoms with Gasteiger partial charge in [0.25, 0.3) is 0 Å². The number of rotatable bonds is 6. The zero-order valence-corrected chi connectivity index (χ0v) is 24.2. The average Bonchev–Trinajstić information content (AvgIpc) is 2.91. The molecule has 1 aliphatic rings. The summed E-state index contributed by atoms with van der Waals surface area (Å²) < 4.78 is 20.9. The molecule has 1 saturated heterocycles. The summed E-state index contributed by atoms with van der Waals surface area (Å²) in [5.41, 5.74) is 4.77. The maximum atomic E-state index is 14.3. The number of carbonyl (C=O) groups is 1. The van der Waals surface area contributed by atoms with Crippen LogP contribution in [0.1, 0.15) is 66.7 Å². The van der Waals surface area contributed by atoms with Crippen LogP contribution in [-0.2, 0) is 0 Å². The topological polar surface area (TPSA) is 75.4 Å². The molecule has 2 aromatic heterocycles. The highest BCUT2D eigenvalue weighted by atomic mass is 35.5. The van der Waals surface area contributed by atoms with Crippen molar-refractivity contribution in [2.45, 2.75) is 53.5 Å². The SMILES string of the molecule is Cc1cc([C@@H](C)Nc2ccc(Cl)nc2-c2cc(F)cc(C=O)c2)c2oc(N3CCC(C)(C)CC3)c(C)c(=O)c2c1. The fourth-order valence-electron chi connectivity index (χ4n) is 5.39. The van der Waals surface area contributed by atoms with Crippen molar-refractivity contribution in [3.05, 3.63) is 85.9 Å². The number of aldehydes is 1. The molecule has 4 aromatic rings. The number of nitrogens with zero attached hydrogens (tertiary/aromatic N) is 2. The number of nitrogens with one attached hydrogen (secondary N) is 1. The van der Waals surface area contributed by atoms with Crippen LogP contribution in [0.3, 0.4) is 0 Å². The summed E-state index contributed by atoms with van der Waals surface area (Å²) in [6.45, 7) is 12.0. The van der Waals surface area contributed by atoms with Gasteiger partial charge in [-0.2, -0.15) is 0 Å². The first-order valence-electron chi connectivity index (χ1n) is 13.5. The maximum Gasteiger partial charge on any atom is 0.202 e. The first-order valence-corrected chi connectivity index (χ1v) is 13.9. The van der Waals surface area contributed by atoms with Crippen LogP contribution >= 0.6 is 11.6 Å². The normalized spacial score (nSPS) is 15.7. The number of benzene rings is 2. The molecule has 1 N–H and O–H groups in total. The largest absolute Gasteiger partial charge is 0.440 e. The summed E-state index contributed by atoms with van der Waals surface area (Å²) in [7, 11) is 0. The van der Waals surface area contributed by atoms with E-state index in [2.05, 4.69) is 29.0 Å². The lowest BCUT2D eigenvalue weighted by Gasteiger charge is -2.37. The zero-order chi connectivity index (χ0) is 28.8. The van der Waals surface area contributed by atoms with Crippen LogP contribution in [-0.4, -0.2) is 24.4 Å². The minimum absolute atomic E-state index is 0.0340. The molecule has 0 amide bonds. The lowest BCUT2D eigenvalue weighted by atomic mass is 9.82. The second kappa shape index (κ2) is 10.7. The standard InChI is InChI=1S/C32H33ClFN3O3/c1-18-12-24(30-25(13-18)29(39)19(2)31(40-30)37-10-8-32(4,5)9-11-37)20(3)35-26-6-7-27(33)36-28(26)22-14-21(17-38)15-23(34)16-22/h6-7,12-17,20,35H,8-11H2,1-5H3/t20-/m1/s1. The Morgan fingerprint density at radius 1 is 1.12 bits per heavy atom. The third-order valence-electron chi connectivity index (χ3n) is 7.80. The molecule has 0 unspecified atom stereocenters. The average molecular weight is 562 g/mol. The predicted molar refractivity (Wildman–Crippen MR) is 159 cm³/mol. The van der Waals surface area contributed by atoms with E-state index in [9.17, 15) is 14.0 Å². The van der Waals surface area contributed by atoms with Gasteiger partial charge in [-0.3, -0.25) is 9.59 Å². The molecule has 40 heavy (non-hydrogen) atoms. The number of piperidine rings is 1. The van der Waals surface area contributed by atoms with Gasteiger partial charge >= 0.3 is 0 Å². The molecule has 5 rings (SSSR count). The highest BCUT2D eigenvalue weighted by Gasteiger charge is 2.29. The second-order valence-electron chi connectivity index (χ2n) is 11.5. The molecule has 8 heteroatoms. The lowest BCUT2D eigenvalue weighted by molar-refractivity contribution is 0.112. The Hall–Kier alpha value is -3.71. The van der Waals surface area contributed by atoms with Gasteiger partial charge in [-0.25, -0.2) is 9.37 Å². The van der Waals surface area contributed by atoms with E-state index >= 15 is 0 Å². The van der Waals surface area contributed by atoms with Crippen LogP contribution < -0.4 is 15.6 Å². The Morgan fingerprint density at radius 2 is 1.85 bits per heavy atom. The quantitative estimate of drug-likeness (QED) is 0.191. The molecule has 1 aliphatic heterocycles. The van der Waals surface area contributed by atoms with E-state index in [1.165, 1.54) is 12.1 Å². The molecular formula is C32H33ClFN3O3. The Balaban J connectivity index is 1.58. The van der Waals surface area contributed by atoms with Crippen molar-refractivity contribution >= 4 is 40.4 Å². The molecule has 2 aromatic carbocycles. The number of halogens is 2. The van der Waals surface area contributed by atoms with Gasteiger partial charge in [-0.05, 0) is 81.0 Å². The van der Waals surface area contributed by atoms with Crippen molar-refractivity contribution in [2.24, 2.45) is 5.41 Å². The van der Waals surface area contributed by atoms with Crippen LogP contribution in [0.5, 0.6) is 0 Å². The minimum atomic E-state index is -0.546. The lowest BCUT2D eigenvalue weighted by Crippen LogP contribution is -2.38. The number of hydrogen-bond acceptors (Lipinski definition) is 6. The van der Waals surface area contributed by atoms with E-state index in [1.54, 1.807) is 18.2 Å². The van der Waals surface area contributed by atoms with Crippen LogP contribution in [0.4, 0.5) is 16.0 Å². The van der Waals surface area contributed by atoms with Crippen molar-refractivity contribution in [2.75, 3.05) is 23.3 Å². The summed E-state index contributed by atoms with van der Waals surface area (Å²) in [5, 5.41) is 4.24. The number of anilines is 2. The third kappa shape index (κ3) is 5.48. The van der Waals surface area contributed by atoms with Crippen molar-refractivity contribution in [1.82, 2.24) is 4.98 Å². The van der Waals surface area contributed by atoms with Crippen LogP contribution in [0.15, 0.2) is 51.7 Å². The van der Waals surface area contributed by atoms with Crippen LogP contribution in [0.25, 0.3) is 22.2 Å². The number of fused-ring (bicyclic) bond motifs is 1. The molecule has 6 nitrogen and oxygen atoms in total. The Labute approximate surface area is 238 Å². The van der Waals surface area contributed by atoms with Gasteiger partial charge in [0.1, 0.15) is 22.8 Å². The number of carbonyl (C=O) groups excluding carboxylic acids is 1. The number of hydrogen-bond donors (Lipinski definition) is 1. The first-order chi connectivity index (χ1) is 19.0. The Kier molecular flexibility index (Phi) is 7.44. The van der Waals surface area contributed by atoms with Crippen LogP contribution in [0, 0.1) is 25.1 Å². The molecule has 208 valence electrons. The van der Waals surface area contributed by atoms with Crippen LogP contribution in [0.2, 0.25) is 5.15 Å². The zero-order valence-electron chi connectivity index (χ0n) is 23.4. The summed E-state index contributed by atoms with van der Waals surface area (Å²) >= 11 is 6.22. The van der Waals surface area contributed by atoms with Gasteiger partial charge in [0.15, 0.2) is 5.43 Å². The molecule has 0 radical (unpaired) electrons. The number of aromatic nitrogens is 1. The smallest absolute Gasteiger partial charge is 0.202 e. The van der Waals surface area contributed by atoms with Crippen molar-refractivity contribution in [1.29, 1.82) is 0 Å². The molecule has 0 bridgehead atoms. The fraction of sp³-hybridized carbons (Fsp3) is 0.344. The van der Waals surface area contributed by atoms with E-state index in [1.807, 2.05) is 32.9 Å². The van der Waals surface area contributed by atoms with Gasteiger partial charge in [-0.1, -0.05) is 31.5 Å². The highest BCUT2D eigenvalue weighted by Crippen LogP contribution is 2.37. The van der Waals surface area contributed by atoms with Gasteiger partial charge in [0.05, 0.1) is 28.4 Å². The molecule has 1 fully saturated rings. The van der Waals surface area contributed by atoms with E-state index in [4.69, 9.17) is 16.0 Å². The van der Waals surface area contributed by atoms with Crippen molar-refractivity contribution in [3.63, 3.8) is 0 Å². The monoisotopic (exact) mass is 561 g/mol. The molecule has 0 saturated carbocycles. The van der Waals surface area contributed by atoms with Gasteiger partial charge in [0.2, 0.25) is 5.88 Å². The molecule has 0 spiro atoms. The Bertz CT molecular complexity index is 1670. The summed E-state index contributed by atoms with van der Waals surface area (Å²) in [6, 6.07) is 11.0. The van der Waals surface area contributed by atoms with Crippen molar-refractivity contribution in [3.8, 4) is 11.3 Å². The van der Waals surface area contributed by atoms with Gasteiger partial charge in [0, 0.05) is 29.8 Å². The van der Waals surface area contributed by atoms with E-state index in [0.29, 0.717) is 45.6 Å². The van der Waals surface area contributed by atoms with Crippen molar-refractivity contribution < 1.29 is 13.6 Å². The Morgan fingerprint density at radius 3 is 2.55 bits per heavy atom. The predicted octanol–water partition coefficient (Wildman–Crippen LogP) is 7.88. The maximum absolute atomic E-state index is 14.3. The first kappa shape index (κ1) is 27.8. The third-order valence-corrected chi connectivity index (χ3v) is 8.01. The summed E-state index contributed by atoms with van der Waals surface area (Å²) in [6.07, 6.45) is 2.63. The fourth-order valence-corrected chi connectivity index (χ4v) is 5.54.